The van der Waals surface area contributed by atoms with Crippen molar-refractivity contribution < 1.29 is 19.2 Å². The summed E-state index contributed by atoms with van der Waals surface area (Å²) in [6, 6.07) is 0. The minimum absolute atomic E-state index is 0.0297. The lowest BCUT2D eigenvalue weighted by Crippen LogP contribution is -2.13. The molecule has 6 nitrogen and oxygen atoms in total. The molecule has 0 saturated heterocycles. The van der Waals surface area contributed by atoms with Crippen molar-refractivity contribution >= 4 is 24.0 Å². The van der Waals surface area contributed by atoms with Crippen LogP contribution in [0.25, 0.3) is 0 Å². The fourth-order valence-corrected chi connectivity index (χ4v) is 2.04. The number of carbonyl (C=O) groups excluding carboxylic acids is 4. The molecular formula is C14H12N2O4. The summed E-state index contributed by atoms with van der Waals surface area (Å²) in [5.74, 6) is -1.76. The van der Waals surface area contributed by atoms with Crippen LogP contribution in [0.5, 0.6) is 0 Å². The number of hydrogen-bond donors (Lipinski definition) is 0. The maximum atomic E-state index is 11.9. The highest BCUT2D eigenvalue weighted by molar-refractivity contribution is 6.11. The molecule has 0 fully saturated rings. The molecule has 0 unspecified atom stereocenters. The first-order valence-electron chi connectivity index (χ1n) is 5.71. The maximum Gasteiger partial charge on any atom is 0.288 e. The van der Waals surface area contributed by atoms with Crippen molar-refractivity contribution in [2.24, 2.45) is 9.98 Å². The zero-order valence-corrected chi connectivity index (χ0v) is 11.5. The minimum Gasteiger partial charge on any atom is -0.266 e. The highest BCUT2D eigenvalue weighted by Gasteiger charge is 2.24. The van der Waals surface area contributed by atoms with E-state index in [4.69, 9.17) is 0 Å². The third-order valence-electron chi connectivity index (χ3n) is 3.41. The summed E-state index contributed by atoms with van der Waals surface area (Å²) in [7, 11) is 0. The standard InChI is InChI=1S/C14H12N2O4/c1-7-8(2)10(4)12(14(20)16-6-18)11(9(7)3)13(19)15-5-17/h1-4H3. The topological polar surface area (TPSA) is 93.0 Å². The summed E-state index contributed by atoms with van der Waals surface area (Å²) in [5, 5.41) is 0. The van der Waals surface area contributed by atoms with Crippen molar-refractivity contribution in [1.29, 1.82) is 0 Å². The molecule has 1 rings (SSSR count). The summed E-state index contributed by atoms with van der Waals surface area (Å²) in [4.78, 5) is 50.4. The highest BCUT2D eigenvalue weighted by Crippen LogP contribution is 2.28. The van der Waals surface area contributed by atoms with E-state index in [1.807, 2.05) is 0 Å². The Balaban J connectivity index is 3.87. The molecule has 0 aliphatic heterocycles. The van der Waals surface area contributed by atoms with Crippen LogP contribution in [0.15, 0.2) is 9.98 Å². The largest absolute Gasteiger partial charge is 0.288 e. The lowest BCUT2D eigenvalue weighted by molar-refractivity contribution is 0.0968. The zero-order chi connectivity index (χ0) is 15.4. The summed E-state index contributed by atoms with van der Waals surface area (Å²) in [5.41, 5.74) is 2.58. The first-order chi connectivity index (χ1) is 9.36. The van der Waals surface area contributed by atoms with Gasteiger partial charge >= 0.3 is 0 Å². The Morgan fingerprint density at radius 3 is 1.25 bits per heavy atom. The van der Waals surface area contributed by atoms with Gasteiger partial charge in [-0.05, 0) is 49.9 Å². The molecule has 0 heterocycles. The SMILES string of the molecule is Cc1c(C)c(C)c(C(=O)N=C=O)c(C(=O)N=C=O)c1C. The van der Waals surface area contributed by atoms with E-state index in [0.717, 1.165) is 23.3 Å². The molecule has 20 heavy (non-hydrogen) atoms. The molecule has 0 saturated carbocycles. The number of carbonyl (C=O) groups is 2. The van der Waals surface area contributed by atoms with Gasteiger partial charge in [-0.15, -0.1) is 9.98 Å². The molecule has 0 aliphatic rings. The molecule has 1 aromatic carbocycles. The van der Waals surface area contributed by atoms with Gasteiger partial charge in [-0.3, -0.25) is 9.59 Å². The second-order valence-corrected chi connectivity index (χ2v) is 4.27. The Morgan fingerprint density at radius 1 is 0.700 bits per heavy atom. The third-order valence-corrected chi connectivity index (χ3v) is 3.41. The van der Waals surface area contributed by atoms with E-state index in [1.54, 1.807) is 27.7 Å². The van der Waals surface area contributed by atoms with Crippen molar-refractivity contribution in [3.63, 3.8) is 0 Å². The molecule has 0 N–H and O–H groups in total. The predicted octanol–water partition coefficient (Wildman–Crippen LogP) is 1.87. The van der Waals surface area contributed by atoms with Crippen LogP contribution in [-0.2, 0) is 9.59 Å². The van der Waals surface area contributed by atoms with Gasteiger partial charge in [-0.2, -0.15) is 0 Å². The number of rotatable bonds is 2. The van der Waals surface area contributed by atoms with E-state index < -0.39 is 11.8 Å². The van der Waals surface area contributed by atoms with Gasteiger partial charge < -0.3 is 0 Å². The fraction of sp³-hybridized carbons (Fsp3) is 0.286. The number of benzene rings is 1. The number of nitrogens with zero attached hydrogens (tertiary/aromatic N) is 2. The molecule has 2 amide bonds. The van der Waals surface area contributed by atoms with Crippen molar-refractivity contribution in [1.82, 2.24) is 0 Å². The Kier molecular flexibility index (Phi) is 4.59. The van der Waals surface area contributed by atoms with Crippen molar-refractivity contribution in [2.75, 3.05) is 0 Å². The molecular weight excluding hydrogens is 260 g/mol. The van der Waals surface area contributed by atoms with E-state index >= 15 is 0 Å². The molecule has 1 aromatic rings. The van der Waals surface area contributed by atoms with Crippen LogP contribution >= 0.6 is 0 Å². The molecule has 102 valence electrons. The van der Waals surface area contributed by atoms with Crippen LogP contribution in [0.1, 0.15) is 43.0 Å². The first kappa shape index (κ1) is 15.4. The second kappa shape index (κ2) is 5.97. The lowest BCUT2D eigenvalue weighted by Gasteiger charge is -2.16. The van der Waals surface area contributed by atoms with Crippen LogP contribution in [0, 0.1) is 27.7 Å². The van der Waals surface area contributed by atoms with Gasteiger partial charge in [-0.25, -0.2) is 9.59 Å². The van der Waals surface area contributed by atoms with Crippen molar-refractivity contribution in [3.05, 3.63) is 33.4 Å². The van der Waals surface area contributed by atoms with Crippen LogP contribution in [-0.4, -0.2) is 24.0 Å². The Bertz CT molecular complexity index is 646. The van der Waals surface area contributed by atoms with E-state index in [2.05, 4.69) is 9.98 Å². The van der Waals surface area contributed by atoms with Crippen LogP contribution in [0.3, 0.4) is 0 Å². The smallest absolute Gasteiger partial charge is 0.266 e. The molecule has 6 heteroatoms. The quantitative estimate of drug-likeness (QED) is 0.606. The monoisotopic (exact) mass is 272 g/mol. The predicted molar refractivity (Wildman–Crippen MR) is 70.3 cm³/mol. The van der Waals surface area contributed by atoms with E-state index in [1.165, 1.54) is 0 Å². The van der Waals surface area contributed by atoms with Gasteiger partial charge in [-0.1, -0.05) is 0 Å². The first-order valence-corrected chi connectivity index (χ1v) is 5.71. The molecule has 0 atom stereocenters. The second-order valence-electron chi connectivity index (χ2n) is 4.27. The summed E-state index contributed by atoms with van der Waals surface area (Å²) < 4.78 is 0. The number of amides is 2. The zero-order valence-electron chi connectivity index (χ0n) is 11.5. The number of hydrogen-bond acceptors (Lipinski definition) is 4. The maximum absolute atomic E-state index is 11.9. The Morgan fingerprint density at radius 2 is 1.00 bits per heavy atom. The molecule has 0 spiro atoms. The number of aliphatic imine (C=N–C) groups is 2. The van der Waals surface area contributed by atoms with Gasteiger partial charge in [0.25, 0.3) is 11.8 Å². The van der Waals surface area contributed by atoms with Crippen LogP contribution in [0.2, 0.25) is 0 Å². The number of isocyanates is 2. The van der Waals surface area contributed by atoms with E-state index in [9.17, 15) is 19.2 Å². The summed E-state index contributed by atoms with van der Waals surface area (Å²) in [6.45, 7) is 6.85. The molecule has 0 radical (unpaired) electrons. The Hall–Kier alpha value is -2.68. The molecule has 0 bridgehead atoms. The summed E-state index contributed by atoms with van der Waals surface area (Å²) >= 11 is 0. The lowest BCUT2D eigenvalue weighted by atomic mass is 9.88. The van der Waals surface area contributed by atoms with Crippen molar-refractivity contribution in [2.45, 2.75) is 27.7 Å². The van der Waals surface area contributed by atoms with E-state index in [0.29, 0.717) is 11.1 Å². The normalized spacial score (nSPS) is 9.40. The van der Waals surface area contributed by atoms with Gasteiger partial charge in [0, 0.05) is 0 Å². The fourth-order valence-electron chi connectivity index (χ4n) is 2.04. The van der Waals surface area contributed by atoms with E-state index in [-0.39, 0.29) is 11.1 Å². The molecule has 0 aliphatic carbocycles. The van der Waals surface area contributed by atoms with Gasteiger partial charge in [0.15, 0.2) is 0 Å². The Labute approximate surface area is 115 Å². The average Bonchev–Trinajstić information content (AvgIpc) is 2.40. The van der Waals surface area contributed by atoms with Gasteiger partial charge in [0.05, 0.1) is 11.1 Å². The molecule has 0 aromatic heterocycles. The van der Waals surface area contributed by atoms with Crippen molar-refractivity contribution in [3.8, 4) is 0 Å². The minimum atomic E-state index is -0.881. The highest BCUT2D eigenvalue weighted by atomic mass is 16.2. The average molecular weight is 272 g/mol. The van der Waals surface area contributed by atoms with Crippen LogP contribution < -0.4 is 0 Å². The third kappa shape index (κ3) is 2.52. The van der Waals surface area contributed by atoms with Crippen LogP contribution in [0.4, 0.5) is 0 Å². The van der Waals surface area contributed by atoms with Gasteiger partial charge in [0.2, 0.25) is 12.2 Å². The summed E-state index contributed by atoms with van der Waals surface area (Å²) in [6.07, 6.45) is 2.30. The van der Waals surface area contributed by atoms with Gasteiger partial charge in [0.1, 0.15) is 0 Å².